The Morgan fingerprint density at radius 2 is 1.82 bits per heavy atom. The van der Waals surface area contributed by atoms with Crippen LogP contribution in [0.3, 0.4) is 0 Å². The number of fused-ring (bicyclic) bond motifs is 1. The highest BCUT2D eigenvalue weighted by Crippen LogP contribution is 2.29. The molecular formula is C28H31Cl2N7O3. The van der Waals surface area contributed by atoms with Crippen LogP contribution in [-0.2, 0) is 11.2 Å². The third kappa shape index (κ3) is 5.78. The van der Waals surface area contributed by atoms with Crippen LogP contribution in [-0.4, -0.2) is 54.0 Å². The summed E-state index contributed by atoms with van der Waals surface area (Å²) in [6, 6.07) is 5.28. The largest absolute Gasteiger partial charge is 0.444 e. The van der Waals surface area contributed by atoms with E-state index in [1.165, 1.54) is 10.8 Å². The maximum Gasteiger partial charge on any atom is 0.410 e. The lowest BCUT2D eigenvalue weighted by Crippen LogP contribution is -2.42. The number of nitrogens with zero attached hydrogens (tertiary/aromatic N) is 6. The highest BCUT2D eigenvalue weighted by molar-refractivity contribution is 6.37. The molecule has 0 radical (unpaired) electrons. The highest BCUT2D eigenvalue weighted by atomic mass is 35.5. The van der Waals surface area contributed by atoms with Gasteiger partial charge in [0.15, 0.2) is 0 Å². The van der Waals surface area contributed by atoms with Crippen LogP contribution >= 0.6 is 23.2 Å². The molecule has 1 fully saturated rings. The quantitative estimate of drug-likeness (QED) is 0.299. The number of piperidine rings is 1. The number of halogens is 2. The normalized spacial score (nSPS) is 14.5. The van der Waals surface area contributed by atoms with Crippen LogP contribution in [0.4, 0.5) is 16.4 Å². The van der Waals surface area contributed by atoms with Crippen molar-refractivity contribution in [2.75, 3.05) is 18.4 Å². The molecule has 0 unspecified atom stereocenters. The predicted octanol–water partition coefficient (Wildman–Crippen LogP) is 6.16. The van der Waals surface area contributed by atoms with Gasteiger partial charge in [-0.05, 0) is 57.7 Å². The second-order valence-corrected chi connectivity index (χ2v) is 11.6. The summed E-state index contributed by atoms with van der Waals surface area (Å²) in [5, 5.41) is 8.85. The smallest absolute Gasteiger partial charge is 0.410 e. The van der Waals surface area contributed by atoms with E-state index in [4.69, 9.17) is 27.9 Å². The van der Waals surface area contributed by atoms with E-state index in [9.17, 15) is 9.59 Å². The van der Waals surface area contributed by atoms with Gasteiger partial charge in [-0.25, -0.2) is 14.8 Å². The Balaban J connectivity index is 1.33. The molecule has 210 valence electrons. The molecular weight excluding hydrogens is 553 g/mol. The van der Waals surface area contributed by atoms with Crippen LogP contribution in [0.5, 0.6) is 0 Å². The molecule has 1 aliphatic heterocycles. The Labute approximate surface area is 241 Å². The predicted molar refractivity (Wildman–Crippen MR) is 156 cm³/mol. The van der Waals surface area contributed by atoms with Gasteiger partial charge in [-0.3, -0.25) is 14.0 Å². The zero-order valence-electron chi connectivity index (χ0n) is 22.8. The standard InChI is InChI=1S/C28H31Cl2N7O3/c1-5-17-15-36(24-21(29)7-6-8-22(24)30)25(38)20-14-31-26(34-23(17)20)33-18-13-32-37(16-18)19-9-11-35(12-10-19)27(39)40-28(2,3)4/h6-8,13-16,19H,5,9-12H2,1-4H3,(H,31,33,34). The molecule has 0 saturated carbocycles. The van der Waals surface area contributed by atoms with Gasteiger partial charge in [0.05, 0.1) is 44.6 Å². The number of anilines is 2. The lowest BCUT2D eigenvalue weighted by molar-refractivity contribution is 0.0185. The topological polar surface area (TPSA) is 107 Å². The molecule has 3 aromatic heterocycles. The summed E-state index contributed by atoms with van der Waals surface area (Å²) in [5.74, 6) is 0.356. The number of rotatable bonds is 5. The number of carbonyl (C=O) groups excluding carboxylic acids is 1. The number of nitrogens with one attached hydrogen (secondary N) is 1. The van der Waals surface area contributed by atoms with Gasteiger partial charge in [0.2, 0.25) is 5.95 Å². The fraction of sp³-hybridized carbons (Fsp3) is 0.393. The number of hydrogen-bond donors (Lipinski definition) is 1. The van der Waals surface area contributed by atoms with Crippen molar-refractivity contribution in [1.82, 2.24) is 29.2 Å². The van der Waals surface area contributed by atoms with Crippen LogP contribution in [0, 0.1) is 0 Å². The summed E-state index contributed by atoms with van der Waals surface area (Å²) in [5.41, 5.74) is 1.75. The third-order valence-corrected chi connectivity index (χ3v) is 7.34. The van der Waals surface area contributed by atoms with E-state index in [1.807, 2.05) is 38.6 Å². The summed E-state index contributed by atoms with van der Waals surface area (Å²) < 4.78 is 8.85. The second kappa shape index (κ2) is 11.1. The molecule has 12 heteroatoms. The maximum atomic E-state index is 13.4. The van der Waals surface area contributed by atoms with Crippen molar-refractivity contribution in [3.05, 3.63) is 68.9 Å². The van der Waals surface area contributed by atoms with E-state index in [-0.39, 0.29) is 17.7 Å². The van der Waals surface area contributed by atoms with E-state index < -0.39 is 5.60 Å². The summed E-state index contributed by atoms with van der Waals surface area (Å²) in [6.07, 6.45) is 8.76. The molecule has 4 aromatic rings. The molecule has 5 rings (SSSR count). The van der Waals surface area contributed by atoms with Gasteiger partial charge in [0, 0.05) is 31.7 Å². The van der Waals surface area contributed by atoms with Crippen molar-refractivity contribution >= 4 is 51.8 Å². The summed E-state index contributed by atoms with van der Waals surface area (Å²) >= 11 is 12.8. The van der Waals surface area contributed by atoms with E-state index in [0.29, 0.717) is 52.1 Å². The van der Waals surface area contributed by atoms with E-state index in [2.05, 4.69) is 20.4 Å². The lowest BCUT2D eigenvalue weighted by atomic mass is 10.1. The van der Waals surface area contributed by atoms with Gasteiger partial charge in [-0.15, -0.1) is 0 Å². The molecule has 1 aliphatic rings. The Morgan fingerprint density at radius 1 is 1.12 bits per heavy atom. The fourth-order valence-corrected chi connectivity index (χ4v) is 5.34. The molecule has 0 atom stereocenters. The molecule has 40 heavy (non-hydrogen) atoms. The number of ether oxygens (including phenoxy) is 1. The molecule has 1 amide bonds. The number of likely N-dealkylation sites (tertiary alicyclic amines) is 1. The van der Waals surface area contributed by atoms with Gasteiger partial charge >= 0.3 is 6.09 Å². The number of para-hydroxylation sites is 1. The molecule has 1 saturated heterocycles. The Hall–Kier alpha value is -3.63. The van der Waals surface area contributed by atoms with Crippen molar-refractivity contribution in [3.8, 4) is 5.69 Å². The number of aryl methyl sites for hydroxylation is 1. The Bertz CT molecular complexity index is 1600. The monoisotopic (exact) mass is 583 g/mol. The first kappa shape index (κ1) is 27.9. The zero-order chi connectivity index (χ0) is 28.6. The number of aromatic nitrogens is 5. The summed E-state index contributed by atoms with van der Waals surface area (Å²) in [7, 11) is 0. The minimum atomic E-state index is -0.515. The Kier molecular flexibility index (Phi) is 7.74. The fourth-order valence-electron chi connectivity index (χ4n) is 4.76. The minimum Gasteiger partial charge on any atom is -0.444 e. The van der Waals surface area contributed by atoms with Gasteiger partial charge in [-0.1, -0.05) is 36.2 Å². The van der Waals surface area contributed by atoms with E-state index in [1.54, 1.807) is 35.5 Å². The number of benzene rings is 1. The van der Waals surface area contributed by atoms with Gasteiger partial charge in [-0.2, -0.15) is 5.10 Å². The van der Waals surface area contributed by atoms with Crippen LogP contribution < -0.4 is 10.9 Å². The summed E-state index contributed by atoms with van der Waals surface area (Å²) in [6.45, 7) is 8.80. The van der Waals surface area contributed by atoms with Crippen molar-refractivity contribution in [2.24, 2.45) is 0 Å². The number of amides is 1. The average Bonchev–Trinajstić information content (AvgIpc) is 3.37. The first-order valence-corrected chi connectivity index (χ1v) is 13.9. The van der Waals surface area contributed by atoms with Crippen LogP contribution in [0.2, 0.25) is 10.0 Å². The van der Waals surface area contributed by atoms with Crippen molar-refractivity contribution in [1.29, 1.82) is 0 Å². The lowest BCUT2D eigenvalue weighted by Gasteiger charge is -2.33. The van der Waals surface area contributed by atoms with Crippen molar-refractivity contribution in [2.45, 2.75) is 58.6 Å². The van der Waals surface area contributed by atoms with Crippen molar-refractivity contribution < 1.29 is 9.53 Å². The highest BCUT2D eigenvalue weighted by Gasteiger charge is 2.28. The molecule has 1 aromatic carbocycles. The molecule has 0 bridgehead atoms. The number of hydrogen-bond acceptors (Lipinski definition) is 7. The summed E-state index contributed by atoms with van der Waals surface area (Å²) in [4.78, 5) is 36.6. The molecule has 0 spiro atoms. The average molecular weight is 585 g/mol. The van der Waals surface area contributed by atoms with Crippen LogP contribution in [0.15, 0.2) is 47.8 Å². The van der Waals surface area contributed by atoms with E-state index >= 15 is 0 Å². The number of carbonyl (C=O) groups is 1. The second-order valence-electron chi connectivity index (χ2n) is 10.7. The first-order valence-electron chi connectivity index (χ1n) is 13.2. The number of pyridine rings is 1. The third-order valence-electron chi connectivity index (χ3n) is 6.73. The molecule has 1 N–H and O–H groups in total. The van der Waals surface area contributed by atoms with Gasteiger partial charge in [0.25, 0.3) is 5.56 Å². The molecule has 0 aliphatic carbocycles. The van der Waals surface area contributed by atoms with Gasteiger partial charge < -0.3 is 15.0 Å². The SMILES string of the molecule is CCc1cn(-c2c(Cl)cccc2Cl)c(=O)c2cnc(Nc3cnn(C4CCN(C(=O)OC(C)(C)C)CC4)c3)nc12. The van der Waals surface area contributed by atoms with Crippen LogP contribution in [0.25, 0.3) is 16.6 Å². The zero-order valence-corrected chi connectivity index (χ0v) is 24.3. The first-order chi connectivity index (χ1) is 19.0. The Morgan fingerprint density at radius 3 is 2.48 bits per heavy atom. The maximum absolute atomic E-state index is 13.4. The van der Waals surface area contributed by atoms with Gasteiger partial charge in [0.1, 0.15) is 5.60 Å². The minimum absolute atomic E-state index is 0.161. The van der Waals surface area contributed by atoms with E-state index in [0.717, 1.165) is 24.1 Å². The van der Waals surface area contributed by atoms with Crippen molar-refractivity contribution in [3.63, 3.8) is 0 Å². The van der Waals surface area contributed by atoms with Crippen LogP contribution in [0.1, 0.15) is 52.1 Å². The molecule has 4 heterocycles. The molecule has 10 nitrogen and oxygen atoms in total.